The number of sulfonamides is 1. The van der Waals surface area contributed by atoms with Gasteiger partial charge in [0.15, 0.2) is 0 Å². The monoisotopic (exact) mass is 813 g/mol. The molecule has 12 heteroatoms. The number of aryl methyl sites for hydroxylation is 1. The Morgan fingerprint density at radius 1 is 0.965 bits per heavy atom. The summed E-state index contributed by atoms with van der Waals surface area (Å²) < 4.78 is 54.7. The standard InChI is InChI=1S/C45H52ClN3O7S/c1-6-42(56-44(50)47(2)3)39-20-13-34(39)28-48-29-45(23-7-8-33-24-35(46)14-21-40(33)45)30-55-43-22-19-38(25-41(43)48)57(51,52)49(26-31-9-15-36(53-4)16-10-31)27-32-11-17-37(54-5)18-12-32/h6,9-12,14-19,21-22,24-25,34,39,42H,1,7-8,13,20,23,26-30H2,2-5H3/t34-,39+,42-,45-/m0/s1. The molecule has 1 aliphatic heterocycles. The van der Waals surface area contributed by atoms with Gasteiger partial charge < -0.3 is 28.7 Å². The molecule has 4 aromatic rings. The second-order valence-electron chi connectivity index (χ2n) is 15.7. The van der Waals surface area contributed by atoms with Gasteiger partial charge in [-0.1, -0.05) is 54.6 Å². The fourth-order valence-corrected chi connectivity index (χ4v) is 10.2. The summed E-state index contributed by atoms with van der Waals surface area (Å²) in [6.07, 6.45) is 5.56. The molecule has 57 heavy (non-hydrogen) atoms. The van der Waals surface area contributed by atoms with Crippen LogP contribution in [0.5, 0.6) is 17.2 Å². The molecule has 1 heterocycles. The number of fused-ring (bicyclic) bond motifs is 3. The number of nitrogens with zero attached hydrogens (tertiary/aromatic N) is 3. The van der Waals surface area contributed by atoms with E-state index in [1.165, 1.54) is 20.3 Å². The highest BCUT2D eigenvalue weighted by atomic mass is 35.5. The molecule has 1 saturated carbocycles. The Morgan fingerprint density at radius 2 is 1.63 bits per heavy atom. The summed E-state index contributed by atoms with van der Waals surface area (Å²) >= 11 is 6.50. The van der Waals surface area contributed by atoms with Gasteiger partial charge in [0.2, 0.25) is 10.0 Å². The topological polar surface area (TPSA) is 97.9 Å². The van der Waals surface area contributed by atoms with Crippen molar-refractivity contribution in [3.05, 3.63) is 125 Å². The average molecular weight is 814 g/mol. The van der Waals surface area contributed by atoms with Crippen LogP contribution in [-0.4, -0.2) is 77.8 Å². The summed E-state index contributed by atoms with van der Waals surface area (Å²) in [4.78, 5) is 16.6. The number of halogens is 1. The molecule has 0 unspecified atom stereocenters. The largest absolute Gasteiger partial charge is 0.497 e. The Kier molecular flexibility index (Phi) is 12.1. The summed E-state index contributed by atoms with van der Waals surface area (Å²) in [6.45, 7) is 6.01. The Labute approximate surface area is 342 Å². The van der Waals surface area contributed by atoms with Gasteiger partial charge in [-0.25, -0.2) is 13.2 Å². The van der Waals surface area contributed by atoms with Crippen LogP contribution in [0.25, 0.3) is 0 Å². The van der Waals surface area contributed by atoms with Crippen LogP contribution in [0.4, 0.5) is 10.5 Å². The minimum atomic E-state index is -4.06. The van der Waals surface area contributed by atoms with E-state index in [4.69, 9.17) is 30.5 Å². The van der Waals surface area contributed by atoms with Crippen molar-refractivity contribution in [1.29, 1.82) is 0 Å². The predicted octanol–water partition coefficient (Wildman–Crippen LogP) is 8.50. The van der Waals surface area contributed by atoms with Crippen LogP contribution < -0.4 is 19.1 Å². The van der Waals surface area contributed by atoms with E-state index in [0.717, 1.165) is 48.9 Å². The molecule has 7 rings (SSSR count). The Bertz CT molecular complexity index is 2130. The van der Waals surface area contributed by atoms with E-state index in [1.54, 1.807) is 46.5 Å². The normalized spacial score (nSPS) is 20.6. The highest BCUT2D eigenvalue weighted by Gasteiger charge is 2.45. The maximum absolute atomic E-state index is 14.9. The van der Waals surface area contributed by atoms with Crippen LogP contribution in [0.1, 0.15) is 47.9 Å². The number of amides is 1. The van der Waals surface area contributed by atoms with Crippen LogP contribution in [0, 0.1) is 11.8 Å². The molecular weight excluding hydrogens is 762 g/mol. The van der Waals surface area contributed by atoms with E-state index in [2.05, 4.69) is 23.6 Å². The van der Waals surface area contributed by atoms with Crippen LogP contribution in [0.2, 0.25) is 5.02 Å². The molecule has 2 aliphatic carbocycles. The van der Waals surface area contributed by atoms with Crippen molar-refractivity contribution in [2.45, 2.75) is 61.6 Å². The molecule has 4 atom stereocenters. The first-order valence-electron chi connectivity index (χ1n) is 19.5. The summed E-state index contributed by atoms with van der Waals surface area (Å²) in [6, 6.07) is 26.3. The zero-order valence-electron chi connectivity index (χ0n) is 33.2. The van der Waals surface area contributed by atoms with Crippen molar-refractivity contribution in [2.75, 3.05) is 52.9 Å². The predicted molar refractivity (Wildman–Crippen MR) is 223 cm³/mol. The number of benzene rings is 4. The lowest BCUT2D eigenvalue weighted by molar-refractivity contribution is 0.0143. The van der Waals surface area contributed by atoms with Crippen LogP contribution in [-0.2, 0) is 39.7 Å². The third-order valence-electron chi connectivity index (χ3n) is 11.9. The lowest BCUT2D eigenvalue weighted by atomic mass is 9.68. The van der Waals surface area contributed by atoms with Crippen molar-refractivity contribution in [3.8, 4) is 17.2 Å². The van der Waals surface area contributed by atoms with E-state index in [-0.39, 0.29) is 35.2 Å². The zero-order valence-corrected chi connectivity index (χ0v) is 34.7. The Hall–Kier alpha value is -4.71. The second kappa shape index (κ2) is 17.0. The lowest BCUT2D eigenvalue weighted by Gasteiger charge is -2.46. The van der Waals surface area contributed by atoms with Gasteiger partial charge in [-0.05, 0) is 115 Å². The molecule has 1 spiro atoms. The number of carbonyl (C=O) groups excluding carboxylic acids is 1. The number of ether oxygens (including phenoxy) is 4. The SMILES string of the molecule is C=C[C@H](OC(=O)N(C)C)[C@@H]1CC[C@H]1CN1C[C@@]2(CCCc3cc(Cl)ccc32)COc2ccc(S(=O)(=O)N(Cc3ccc(OC)cc3)Cc3ccc(OC)cc3)cc21. The third-order valence-corrected chi connectivity index (χ3v) is 13.9. The van der Waals surface area contributed by atoms with E-state index in [9.17, 15) is 13.2 Å². The first-order chi connectivity index (χ1) is 27.4. The molecule has 4 aromatic carbocycles. The van der Waals surface area contributed by atoms with Crippen molar-refractivity contribution in [3.63, 3.8) is 0 Å². The van der Waals surface area contributed by atoms with E-state index < -0.39 is 22.2 Å². The van der Waals surface area contributed by atoms with Gasteiger partial charge in [0.25, 0.3) is 0 Å². The van der Waals surface area contributed by atoms with Crippen LogP contribution >= 0.6 is 11.6 Å². The fraction of sp³-hybridized carbons (Fsp3) is 0.400. The smallest absolute Gasteiger partial charge is 0.409 e. The first kappa shape index (κ1) is 40.5. The fourth-order valence-electron chi connectivity index (χ4n) is 8.57. The van der Waals surface area contributed by atoms with Gasteiger partial charge in [-0.3, -0.25) is 0 Å². The molecule has 302 valence electrons. The Balaban J connectivity index is 1.26. The summed E-state index contributed by atoms with van der Waals surface area (Å²) in [7, 11) is 2.50. The molecule has 3 aliphatic rings. The lowest BCUT2D eigenvalue weighted by Crippen LogP contribution is -2.50. The maximum Gasteiger partial charge on any atom is 0.409 e. The van der Waals surface area contributed by atoms with Gasteiger partial charge in [0.1, 0.15) is 23.4 Å². The van der Waals surface area contributed by atoms with Gasteiger partial charge in [-0.15, -0.1) is 0 Å². The van der Waals surface area contributed by atoms with Gasteiger partial charge >= 0.3 is 6.09 Å². The van der Waals surface area contributed by atoms with E-state index in [0.29, 0.717) is 42.0 Å². The van der Waals surface area contributed by atoms with Crippen LogP contribution in [0.15, 0.2) is 102 Å². The molecule has 0 radical (unpaired) electrons. The first-order valence-corrected chi connectivity index (χ1v) is 21.3. The number of hydrogen-bond acceptors (Lipinski definition) is 8. The number of methoxy groups -OCH3 is 2. The molecule has 0 bridgehead atoms. The third kappa shape index (κ3) is 8.61. The highest BCUT2D eigenvalue weighted by Crippen LogP contribution is 2.47. The number of hydrogen-bond donors (Lipinski definition) is 0. The van der Waals surface area contributed by atoms with E-state index in [1.807, 2.05) is 60.7 Å². The van der Waals surface area contributed by atoms with Gasteiger partial charge in [0, 0.05) is 56.6 Å². The van der Waals surface area contributed by atoms with Gasteiger partial charge in [-0.2, -0.15) is 4.31 Å². The van der Waals surface area contributed by atoms with Crippen molar-refractivity contribution < 1.29 is 32.2 Å². The van der Waals surface area contributed by atoms with E-state index >= 15 is 0 Å². The minimum Gasteiger partial charge on any atom is -0.497 e. The average Bonchev–Trinajstić information content (AvgIpc) is 3.35. The molecular formula is C45H52ClN3O7S. The molecule has 1 amide bonds. The minimum absolute atomic E-state index is 0.0730. The van der Waals surface area contributed by atoms with Crippen LogP contribution in [0.3, 0.4) is 0 Å². The summed E-state index contributed by atoms with van der Waals surface area (Å²) in [5, 5.41) is 0.712. The Morgan fingerprint density at radius 3 is 2.21 bits per heavy atom. The quantitative estimate of drug-likeness (QED) is 0.124. The molecule has 10 nitrogen and oxygen atoms in total. The highest BCUT2D eigenvalue weighted by molar-refractivity contribution is 7.89. The molecule has 0 saturated heterocycles. The molecule has 0 aromatic heterocycles. The van der Waals surface area contributed by atoms with Crippen molar-refractivity contribution >= 4 is 33.4 Å². The number of carbonyl (C=O) groups is 1. The molecule has 1 fully saturated rings. The maximum atomic E-state index is 14.9. The van der Waals surface area contributed by atoms with Gasteiger partial charge in [0.05, 0.1) is 31.4 Å². The number of rotatable bonds is 13. The summed E-state index contributed by atoms with van der Waals surface area (Å²) in [5.41, 5.74) is 4.49. The summed E-state index contributed by atoms with van der Waals surface area (Å²) in [5.74, 6) is 2.27. The second-order valence-corrected chi connectivity index (χ2v) is 18.1. The molecule has 0 N–H and O–H groups in total. The zero-order chi connectivity index (χ0) is 40.3. The van der Waals surface area contributed by atoms with Crippen molar-refractivity contribution in [2.24, 2.45) is 11.8 Å². The van der Waals surface area contributed by atoms with Crippen molar-refractivity contribution in [1.82, 2.24) is 9.21 Å². The number of anilines is 1.